The molecule has 0 atom stereocenters. The number of anilines is 2. The molecule has 0 saturated carbocycles. The molecule has 1 N–H and O–H groups in total. The Morgan fingerprint density at radius 2 is 1.81 bits per heavy atom. The first-order valence-electron chi connectivity index (χ1n) is 12.7. The van der Waals surface area contributed by atoms with Gasteiger partial charge in [-0.3, -0.25) is 19.8 Å². The van der Waals surface area contributed by atoms with Crippen LogP contribution in [-0.4, -0.2) is 79.1 Å². The van der Waals surface area contributed by atoms with Gasteiger partial charge >= 0.3 is 5.69 Å². The van der Waals surface area contributed by atoms with E-state index in [1.54, 1.807) is 19.1 Å². The van der Waals surface area contributed by atoms with E-state index in [4.69, 9.17) is 4.74 Å². The van der Waals surface area contributed by atoms with E-state index < -0.39 is 16.6 Å². The number of piperazine rings is 1. The van der Waals surface area contributed by atoms with Crippen LogP contribution in [0.15, 0.2) is 36.4 Å². The van der Waals surface area contributed by atoms with Gasteiger partial charge in [0.25, 0.3) is 0 Å². The van der Waals surface area contributed by atoms with E-state index in [9.17, 15) is 23.7 Å². The van der Waals surface area contributed by atoms with Crippen LogP contribution in [0.5, 0.6) is 5.75 Å². The summed E-state index contributed by atoms with van der Waals surface area (Å²) in [7, 11) is 0. The Bertz CT molecular complexity index is 1100. The fourth-order valence-corrected chi connectivity index (χ4v) is 4.90. The Morgan fingerprint density at radius 3 is 2.46 bits per heavy atom. The fraction of sp³-hybridized carbons (Fsp3) is 0.500. The van der Waals surface area contributed by atoms with Crippen molar-refractivity contribution in [2.45, 2.75) is 32.2 Å². The lowest BCUT2D eigenvalue weighted by molar-refractivity contribution is -0.385. The van der Waals surface area contributed by atoms with E-state index in [1.165, 1.54) is 18.2 Å². The normalized spacial score (nSPS) is 17.1. The predicted octanol–water partition coefficient (Wildman–Crippen LogP) is 3.89. The second-order valence-electron chi connectivity index (χ2n) is 9.35. The first-order chi connectivity index (χ1) is 17.8. The summed E-state index contributed by atoms with van der Waals surface area (Å²) in [5.74, 6) is -0.765. The zero-order valence-corrected chi connectivity index (χ0v) is 21.0. The Hall–Kier alpha value is -3.47. The number of nitrogens with zero attached hydrogens (tertiary/aromatic N) is 4. The standard InChI is InChI=1S/C26H33F2N5O4/c1-2-37-25-18-21(4-6-24(25)33(35)36)29-20-7-11-32(12-8-20)26(34)9-10-30-13-15-31(16-14-30)23-5-3-19(27)17-22(23)28/h3-6,17-18,20,29H,2,7-16H2,1H3. The number of nitro benzene ring substituents is 1. The predicted molar refractivity (Wildman–Crippen MR) is 137 cm³/mol. The number of piperidine rings is 1. The van der Waals surface area contributed by atoms with E-state index in [0.717, 1.165) is 37.7 Å². The van der Waals surface area contributed by atoms with Gasteiger partial charge in [0, 0.05) is 82.2 Å². The van der Waals surface area contributed by atoms with Gasteiger partial charge in [-0.1, -0.05) is 0 Å². The van der Waals surface area contributed by atoms with Crippen LogP contribution in [0.25, 0.3) is 0 Å². The molecule has 2 aromatic carbocycles. The van der Waals surface area contributed by atoms with Crippen molar-refractivity contribution in [2.24, 2.45) is 0 Å². The van der Waals surface area contributed by atoms with Crippen molar-refractivity contribution >= 4 is 23.0 Å². The summed E-state index contributed by atoms with van der Waals surface area (Å²) in [4.78, 5) is 29.5. The minimum Gasteiger partial charge on any atom is -0.487 e. The Kier molecular flexibility index (Phi) is 8.75. The molecule has 1 amide bonds. The molecular formula is C26H33F2N5O4. The number of likely N-dealkylation sites (tertiary alicyclic amines) is 1. The van der Waals surface area contributed by atoms with E-state index in [1.807, 2.05) is 9.80 Å². The molecule has 0 spiro atoms. The maximum atomic E-state index is 14.1. The van der Waals surface area contributed by atoms with Crippen molar-refractivity contribution in [1.82, 2.24) is 9.80 Å². The maximum absolute atomic E-state index is 14.1. The lowest BCUT2D eigenvalue weighted by atomic mass is 10.0. The van der Waals surface area contributed by atoms with Gasteiger partial charge in [0.1, 0.15) is 11.6 Å². The molecule has 0 bridgehead atoms. The van der Waals surface area contributed by atoms with Crippen LogP contribution in [0.4, 0.5) is 25.8 Å². The Morgan fingerprint density at radius 1 is 1.08 bits per heavy atom. The molecule has 2 heterocycles. The third-order valence-electron chi connectivity index (χ3n) is 6.94. The number of benzene rings is 2. The molecular weight excluding hydrogens is 484 g/mol. The van der Waals surface area contributed by atoms with Gasteiger partial charge < -0.3 is 19.9 Å². The molecule has 0 aliphatic carbocycles. The topological polar surface area (TPSA) is 91.2 Å². The molecule has 0 unspecified atom stereocenters. The molecule has 0 radical (unpaired) electrons. The molecule has 200 valence electrons. The molecule has 2 saturated heterocycles. The third-order valence-corrected chi connectivity index (χ3v) is 6.94. The third kappa shape index (κ3) is 6.85. The van der Waals surface area contributed by atoms with E-state index in [0.29, 0.717) is 51.4 Å². The Labute approximate surface area is 215 Å². The quantitative estimate of drug-likeness (QED) is 0.399. The monoisotopic (exact) mass is 517 g/mol. The van der Waals surface area contributed by atoms with Gasteiger partial charge in [0.2, 0.25) is 5.91 Å². The average molecular weight is 518 g/mol. The molecule has 11 heteroatoms. The summed E-state index contributed by atoms with van der Waals surface area (Å²) in [6.07, 6.45) is 2.01. The summed E-state index contributed by atoms with van der Waals surface area (Å²) < 4.78 is 32.6. The van der Waals surface area contributed by atoms with Crippen molar-refractivity contribution in [3.05, 3.63) is 58.1 Å². The number of carbonyl (C=O) groups is 1. The number of nitro groups is 1. The van der Waals surface area contributed by atoms with Crippen molar-refractivity contribution in [3.8, 4) is 5.75 Å². The van der Waals surface area contributed by atoms with Crippen molar-refractivity contribution in [2.75, 3.05) is 62.6 Å². The largest absolute Gasteiger partial charge is 0.487 e. The molecule has 0 aromatic heterocycles. The number of ether oxygens (including phenoxy) is 1. The molecule has 2 aliphatic heterocycles. The highest BCUT2D eigenvalue weighted by Gasteiger charge is 2.25. The first kappa shape index (κ1) is 26.6. The number of rotatable bonds is 9. The molecule has 9 nitrogen and oxygen atoms in total. The zero-order valence-electron chi connectivity index (χ0n) is 21.0. The van der Waals surface area contributed by atoms with Crippen LogP contribution in [-0.2, 0) is 4.79 Å². The number of nitrogens with one attached hydrogen (secondary N) is 1. The van der Waals surface area contributed by atoms with Crippen LogP contribution < -0.4 is 15.0 Å². The molecule has 2 fully saturated rings. The van der Waals surface area contributed by atoms with Gasteiger partial charge in [0.15, 0.2) is 5.75 Å². The number of carbonyl (C=O) groups excluding carboxylic acids is 1. The molecule has 4 rings (SSSR count). The number of amides is 1. The van der Waals surface area contributed by atoms with Crippen LogP contribution >= 0.6 is 0 Å². The zero-order chi connectivity index (χ0) is 26.4. The highest BCUT2D eigenvalue weighted by atomic mass is 19.1. The number of hydrogen-bond donors (Lipinski definition) is 1. The van der Waals surface area contributed by atoms with Crippen molar-refractivity contribution in [1.29, 1.82) is 0 Å². The SMILES string of the molecule is CCOc1cc(NC2CCN(C(=O)CCN3CCN(c4ccc(F)cc4F)CC3)CC2)ccc1[N+](=O)[O-]. The smallest absolute Gasteiger partial charge is 0.311 e. The molecule has 37 heavy (non-hydrogen) atoms. The van der Waals surface area contributed by atoms with Crippen molar-refractivity contribution in [3.63, 3.8) is 0 Å². The minimum absolute atomic E-state index is 0.0585. The summed E-state index contributed by atoms with van der Waals surface area (Å²) in [6, 6.07) is 8.60. The van der Waals surface area contributed by atoms with Gasteiger partial charge in [-0.2, -0.15) is 0 Å². The summed E-state index contributed by atoms with van der Waals surface area (Å²) in [6.45, 7) is 6.77. The van der Waals surface area contributed by atoms with E-state index in [-0.39, 0.29) is 23.4 Å². The van der Waals surface area contributed by atoms with E-state index in [2.05, 4.69) is 10.2 Å². The summed E-state index contributed by atoms with van der Waals surface area (Å²) >= 11 is 0. The van der Waals surface area contributed by atoms with Crippen LogP contribution in [0.3, 0.4) is 0 Å². The fourth-order valence-electron chi connectivity index (χ4n) is 4.90. The molecule has 2 aromatic rings. The lowest BCUT2D eigenvalue weighted by Gasteiger charge is -2.37. The summed E-state index contributed by atoms with van der Waals surface area (Å²) in [5.41, 5.74) is 1.12. The van der Waals surface area contributed by atoms with Crippen molar-refractivity contribution < 1.29 is 23.2 Å². The lowest BCUT2D eigenvalue weighted by Crippen LogP contribution is -2.48. The van der Waals surface area contributed by atoms with Gasteiger partial charge in [0.05, 0.1) is 17.2 Å². The number of halogens is 2. The van der Waals surface area contributed by atoms with Gasteiger partial charge in [-0.05, 0) is 38.0 Å². The average Bonchev–Trinajstić information content (AvgIpc) is 2.88. The summed E-state index contributed by atoms with van der Waals surface area (Å²) in [5, 5.41) is 14.6. The second kappa shape index (κ2) is 12.2. The molecule has 2 aliphatic rings. The first-order valence-corrected chi connectivity index (χ1v) is 12.7. The van der Waals surface area contributed by atoms with Gasteiger partial charge in [-0.25, -0.2) is 8.78 Å². The van der Waals surface area contributed by atoms with Crippen LogP contribution in [0, 0.1) is 21.7 Å². The second-order valence-corrected chi connectivity index (χ2v) is 9.35. The number of hydrogen-bond acceptors (Lipinski definition) is 7. The minimum atomic E-state index is -0.583. The van der Waals surface area contributed by atoms with Crippen LogP contribution in [0.2, 0.25) is 0 Å². The van der Waals surface area contributed by atoms with Gasteiger partial charge in [-0.15, -0.1) is 0 Å². The maximum Gasteiger partial charge on any atom is 0.311 e. The Balaban J connectivity index is 1.19. The highest BCUT2D eigenvalue weighted by Crippen LogP contribution is 2.31. The highest BCUT2D eigenvalue weighted by molar-refractivity contribution is 5.76. The van der Waals surface area contributed by atoms with Crippen LogP contribution in [0.1, 0.15) is 26.2 Å². The van der Waals surface area contributed by atoms with E-state index >= 15 is 0 Å².